The van der Waals surface area contributed by atoms with Gasteiger partial charge < -0.3 is 14.4 Å². The zero-order chi connectivity index (χ0) is 20.9. The molecule has 0 N–H and O–H groups in total. The van der Waals surface area contributed by atoms with E-state index in [1.165, 1.54) is 17.7 Å². The Hall–Kier alpha value is -2.34. The van der Waals surface area contributed by atoms with Crippen LogP contribution in [0.5, 0.6) is 0 Å². The van der Waals surface area contributed by atoms with Gasteiger partial charge in [-0.25, -0.2) is 4.98 Å². The number of rotatable bonds is 6. The number of aromatic nitrogens is 2. The minimum absolute atomic E-state index is 0.286. The summed E-state index contributed by atoms with van der Waals surface area (Å²) in [5.74, 6) is 1.35. The van der Waals surface area contributed by atoms with Gasteiger partial charge in [-0.1, -0.05) is 25.1 Å². The van der Waals surface area contributed by atoms with Gasteiger partial charge in [-0.2, -0.15) is 0 Å². The minimum atomic E-state index is 0.286. The number of benzene rings is 1. The second kappa shape index (κ2) is 9.65. The molecular formula is C24H35N5O. The molecule has 1 aromatic carbocycles. The number of carbonyl (C=O) groups is 1. The van der Waals surface area contributed by atoms with Gasteiger partial charge in [0.2, 0.25) is 5.91 Å². The molecule has 2 saturated heterocycles. The fourth-order valence-electron chi connectivity index (χ4n) is 4.96. The lowest BCUT2D eigenvalue weighted by molar-refractivity contribution is -0.133. The lowest BCUT2D eigenvalue weighted by Crippen LogP contribution is -2.56. The Labute approximate surface area is 180 Å². The van der Waals surface area contributed by atoms with Crippen LogP contribution < -0.4 is 4.90 Å². The Balaban J connectivity index is 1.28. The lowest BCUT2D eigenvalue weighted by atomic mass is 10.0. The van der Waals surface area contributed by atoms with Crippen LogP contribution in [-0.4, -0.2) is 70.6 Å². The quantitative estimate of drug-likeness (QED) is 0.736. The number of anilines is 1. The fraction of sp³-hybridized carbons (Fsp3) is 0.583. The monoisotopic (exact) mass is 409 g/mol. The first-order valence-electron chi connectivity index (χ1n) is 11.5. The lowest BCUT2D eigenvalue weighted by Gasteiger charge is -2.44. The van der Waals surface area contributed by atoms with Crippen LogP contribution in [0.2, 0.25) is 0 Å². The van der Waals surface area contributed by atoms with Crippen LogP contribution >= 0.6 is 0 Å². The van der Waals surface area contributed by atoms with Crippen molar-refractivity contribution in [3.8, 4) is 0 Å². The van der Waals surface area contributed by atoms with Crippen LogP contribution in [0.15, 0.2) is 36.7 Å². The normalized spacial score (nSPS) is 20.5. The Morgan fingerprint density at radius 1 is 1.13 bits per heavy atom. The first-order chi connectivity index (χ1) is 14.7. The van der Waals surface area contributed by atoms with Gasteiger partial charge >= 0.3 is 0 Å². The van der Waals surface area contributed by atoms with Crippen molar-refractivity contribution in [2.45, 2.75) is 52.1 Å². The Morgan fingerprint density at radius 3 is 2.70 bits per heavy atom. The molecule has 0 spiro atoms. The van der Waals surface area contributed by atoms with Crippen molar-refractivity contribution in [3.63, 3.8) is 0 Å². The van der Waals surface area contributed by atoms with Crippen LogP contribution in [0.25, 0.3) is 0 Å². The Kier molecular flexibility index (Phi) is 6.72. The number of hydrogen-bond donors (Lipinski definition) is 0. The molecule has 0 aliphatic carbocycles. The second-order valence-corrected chi connectivity index (χ2v) is 8.59. The molecule has 2 aliphatic rings. The maximum absolute atomic E-state index is 12.9. The Morgan fingerprint density at radius 2 is 1.93 bits per heavy atom. The van der Waals surface area contributed by atoms with Crippen molar-refractivity contribution in [3.05, 3.63) is 48.0 Å². The van der Waals surface area contributed by atoms with Gasteiger partial charge in [0.05, 0.1) is 0 Å². The van der Waals surface area contributed by atoms with Crippen LogP contribution in [0.1, 0.15) is 37.6 Å². The van der Waals surface area contributed by atoms with Crippen molar-refractivity contribution in [1.29, 1.82) is 0 Å². The summed E-state index contributed by atoms with van der Waals surface area (Å²) in [6, 6.07) is 9.17. The number of piperazine rings is 1. The number of hydrogen-bond acceptors (Lipinski definition) is 4. The van der Waals surface area contributed by atoms with Gasteiger partial charge in [-0.3, -0.25) is 9.69 Å². The smallest absolute Gasteiger partial charge is 0.224 e. The number of amides is 1. The maximum atomic E-state index is 12.9. The number of piperidine rings is 1. The van der Waals surface area contributed by atoms with E-state index in [4.69, 9.17) is 0 Å². The number of likely N-dealkylation sites (tertiary alicyclic amines) is 1. The first kappa shape index (κ1) is 20.9. The maximum Gasteiger partial charge on any atom is 0.224 e. The summed E-state index contributed by atoms with van der Waals surface area (Å²) in [5.41, 5.74) is 2.72. The van der Waals surface area contributed by atoms with E-state index in [2.05, 4.69) is 62.4 Å². The average Bonchev–Trinajstić information content (AvgIpc) is 3.26. The molecule has 0 bridgehead atoms. The predicted molar refractivity (Wildman–Crippen MR) is 121 cm³/mol. The van der Waals surface area contributed by atoms with Gasteiger partial charge in [-0.05, 0) is 31.4 Å². The van der Waals surface area contributed by atoms with Crippen LogP contribution in [-0.2, 0) is 17.8 Å². The molecule has 6 nitrogen and oxygen atoms in total. The van der Waals surface area contributed by atoms with Crippen molar-refractivity contribution in [2.24, 2.45) is 0 Å². The third-order valence-electron chi connectivity index (χ3n) is 6.72. The summed E-state index contributed by atoms with van der Waals surface area (Å²) in [6.45, 7) is 11.1. The standard InChI is InChI=1S/C24H35N5O/c1-3-23-25-11-14-28(23)13-10-24(30)29-12-6-8-21(19-29)26-15-17-27(18-16-26)22-9-5-4-7-20(22)2/h4-5,7,9,11,14,21H,3,6,8,10,12-13,15-19H2,1-2H3/t21-/m0/s1. The largest absolute Gasteiger partial charge is 0.369 e. The van der Waals surface area contributed by atoms with Crippen LogP contribution in [0.3, 0.4) is 0 Å². The number of para-hydroxylation sites is 1. The molecule has 0 saturated carbocycles. The average molecular weight is 410 g/mol. The van der Waals surface area contributed by atoms with Crippen molar-refractivity contribution in [1.82, 2.24) is 19.4 Å². The number of imidazole rings is 1. The number of nitrogens with zero attached hydrogens (tertiary/aromatic N) is 5. The van der Waals surface area contributed by atoms with Crippen LogP contribution in [0, 0.1) is 6.92 Å². The minimum Gasteiger partial charge on any atom is -0.369 e. The summed E-state index contributed by atoms with van der Waals surface area (Å²) in [4.78, 5) is 24.4. The van der Waals surface area contributed by atoms with Gasteiger partial charge in [0.25, 0.3) is 0 Å². The number of carbonyl (C=O) groups excluding carboxylic acids is 1. The molecular weight excluding hydrogens is 374 g/mol. The zero-order valence-corrected chi connectivity index (χ0v) is 18.5. The molecule has 2 aliphatic heterocycles. The van der Waals surface area contributed by atoms with E-state index in [1.807, 2.05) is 12.4 Å². The van der Waals surface area contributed by atoms with Crippen molar-refractivity contribution >= 4 is 11.6 Å². The molecule has 162 valence electrons. The highest BCUT2D eigenvalue weighted by Crippen LogP contribution is 2.23. The summed E-state index contributed by atoms with van der Waals surface area (Å²) in [6.07, 6.45) is 7.60. The van der Waals surface area contributed by atoms with E-state index < -0.39 is 0 Å². The molecule has 0 unspecified atom stereocenters. The molecule has 1 amide bonds. The third-order valence-corrected chi connectivity index (χ3v) is 6.72. The zero-order valence-electron chi connectivity index (χ0n) is 18.5. The van der Waals surface area contributed by atoms with Gasteiger partial charge in [0.1, 0.15) is 5.82 Å². The summed E-state index contributed by atoms with van der Waals surface area (Å²) >= 11 is 0. The highest BCUT2D eigenvalue weighted by molar-refractivity contribution is 5.76. The Bertz CT molecular complexity index is 840. The highest BCUT2D eigenvalue weighted by Gasteiger charge is 2.30. The molecule has 1 atom stereocenters. The predicted octanol–water partition coefficient (Wildman–Crippen LogP) is 2.96. The van der Waals surface area contributed by atoms with E-state index in [0.717, 1.165) is 64.5 Å². The van der Waals surface area contributed by atoms with Gasteiger partial charge in [-0.15, -0.1) is 0 Å². The third kappa shape index (κ3) is 4.69. The van der Waals surface area contributed by atoms with Gasteiger partial charge in [0.15, 0.2) is 0 Å². The van der Waals surface area contributed by atoms with Crippen molar-refractivity contribution in [2.75, 3.05) is 44.2 Å². The topological polar surface area (TPSA) is 44.6 Å². The van der Waals surface area contributed by atoms with E-state index in [1.54, 1.807) is 0 Å². The summed E-state index contributed by atoms with van der Waals surface area (Å²) in [7, 11) is 0. The van der Waals surface area contributed by atoms with Gasteiger partial charge in [0, 0.05) is 82.8 Å². The summed E-state index contributed by atoms with van der Waals surface area (Å²) < 4.78 is 2.12. The highest BCUT2D eigenvalue weighted by atomic mass is 16.2. The molecule has 1 aromatic heterocycles. The molecule has 6 heteroatoms. The number of aryl methyl sites for hydroxylation is 3. The SMILES string of the molecule is CCc1nccn1CCC(=O)N1CCC[C@H](N2CCN(c3ccccc3C)CC2)C1. The van der Waals surface area contributed by atoms with E-state index in [-0.39, 0.29) is 5.91 Å². The van der Waals surface area contributed by atoms with Crippen LogP contribution in [0.4, 0.5) is 5.69 Å². The molecule has 4 rings (SSSR count). The molecule has 3 heterocycles. The van der Waals surface area contributed by atoms with Crippen molar-refractivity contribution < 1.29 is 4.79 Å². The van der Waals surface area contributed by atoms with E-state index >= 15 is 0 Å². The second-order valence-electron chi connectivity index (χ2n) is 8.59. The molecule has 30 heavy (non-hydrogen) atoms. The fourth-order valence-corrected chi connectivity index (χ4v) is 4.96. The molecule has 2 fully saturated rings. The van der Waals surface area contributed by atoms with E-state index in [9.17, 15) is 4.79 Å². The van der Waals surface area contributed by atoms with E-state index in [0.29, 0.717) is 12.5 Å². The molecule has 2 aromatic rings. The molecule has 0 radical (unpaired) electrons. The first-order valence-corrected chi connectivity index (χ1v) is 11.5. The summed E-state index contributed by atoms with van der Waals surface area (Å²) in [5, 5.41) is 0.